The molecule has 0 saturated heterocycles. The number of rotatable bonds is 2. The number of methoxy groups -OCH3 is 1. The maximum absolute atomic E-state index is 12.8. The first-order chi connectivity index (χ1) is 13.2. The van der Waals surface area contributed by atoms with Crippen LogP contribution in [0.15, 0.2) is 70.6 Å². The Kier molecular flexibility index (Phi) is 3.53. The van der Waals surface area contributed by atoms with Crippen LogP contribution in [0.4, 0.5) is 0 Å². The van der Waals surface area contributed by atoms with Crippen LogP contribution in [0, 0.1) is 5.92 Å². The summed E-state index contributed by atoms with van der Waals surface area (Å²) in [7, 11) is 1.58. The minimum atomic E-state index is -0.484. The first kappa shape index (κ1) is 15.8. The summed E-state index contributed by atoms with van der Waals surface area (Å²) in [4.78, 5) is 21.6. The summed E-state index contributed by atoms with van der Waals surface area (Å²) in [5.74, 6) is 1.37. The van der Waals surface area contributed by atoms with Gasteiger partial charge in [-0.3, -0.25) is 4.79 Å². The van der Waals surface area contributed by atoms with Gasteiger partial charge in [0.2, 0.25) is 5.90 Å². The van der Waals surface area contributed by atoms with Crippen molar-refractivity contribution in [3.63, 3.8) is 0 Å². The van der Waals surface area contributed by atoms with E-state index in [1.807, 2.05) is 48.5 Å². The number of carbonyl (C=O) groups is 1. The quantitative estimate of drug-likeness (QED) is 0.702. The van der Waals surface area contributed by atoms with Gasteiger partial charge < -0.3 is 9.47 Å². The molecule has 0 fully saturated rings. The normalized spacial score (nSPS) is 18.1. The van der Waals surface area contributed by atoms with Gasteiger partial charge in [-0.15, -0.1) is 0 Å². The summed E-state index contributed by atoms with van der Waals surface area (Å²) in [5.41, 5.74) is 1.70. The number of hydrogen-bond acceptors (Lipinski definition) is 4. The van der Waals surface area contributed by atoms with Crippen LogP contribution >= 0.6 is 0 Å². The molecule has 1 atom stereocenters. The molecule has 1 amide bonds. The molecule has 0 aromatic heterocycles. The zero-order chi connectivity index (χ0) is 18.4. The van der Waals surface area contributed by atoms with E-state index in [-0.39, 0.29) is 5.91 Å². The first-order valence-corrected chi connectivity index (χ1v) is 8.77. The van der Waals surface area contributed by atoms with Crippen molar-refractivity contribution >= 4 is 28.4 Å². The lowest BCUT2D eigenvalue weighted by atomic mass is 9.90. The van der Waals surface area contributed by atoms with E-state index < -0.39 is 5.92 Å². The van der Waals surface area contributed by atoms with Crippen molar-refractivity contribution in [1.29, 1.82) is 0 Å². The second-order valence-electron chi connectivity index (χ2n) is 6.55. The number of benzene rings is 3. The molecule has 0 bridgehead atoms. The average molecular weight is 356 g/mol. The molecule has 5 nitrogen and oxygen atoms in total. The fourth-order valence-corrected chi connectivity index (χ4v) is 3.65. The number of amidine groups is 1. The second kappa shape index (κ2) is 6.06. The molecule has 5 heteroatoms. The van der Waals surface area contributed by atoms with Crippen molar-refractivity contribution in [2.45, 2.75) is 6.42 Å². The lowest BCUT2D eigenvalue weighted by Crippen LogP contribution is -2.37. The number of fused-ring (bicyclic) bond motifs is 4. The summed E-state index contributed by atoms with van der Waals surface area (Å²) in [6.45, 7) is 0. The molecule has 2 heterocycles. The van der Waals surface area contributed by atoms with Crippen LogP contribution in [0.2, 0.25) is 0 Å². The monoisotopic (exact) mass is 356 g/mol. The maximum atomic E-state index is 12.8. The molecule has 0 saturated carbocycles. The van der Waals surface area contributed by atoms with E-state index in [0.29, 0.717) is 29.5 Å². The van der Waals surface area contributed by atoms with Gasteiger partial charge in [-0.05, 0) is 35.4 Å². The number of nitrogens with zero attached hydrogens (tertiary/aromatic N) is 2. The largest absolute Gasteiger partial charge is 0.496 e. The van der Waals surface area contributed by atoms with Crippen LogP contribution in [0.3, 0.4) is 0 Å². The Morgan fingerprint density at radius 1 is 1.00 bits per heavy atom. The molecule has 3 aromatic rings. The Labute approximate surface area is 156 Å². The molecule has 0 N–H and O–H groups in total. The summed E-state index contributed by atoms with van der Waals surface area (Å²) in [5, 5.41) is 2.23. The Morgan fingerprint density at radius 2 is 1.81 bits per heavy atom. The van der Waals surface area contributed by atoms with Gasteiger partial charge in [-0.1, -0.05) is 42.5 Å². The fraction of sp³-hybridized carbons (Fsp3) is 0.136. The Hall–Kier alpha value is -3.47. The Morgan fingerprint density at radius 3 is 2.70 bits per heavy atom. The van der Waals surface area contributed by atoms with Gasteiger partial charge in [0.1, 0.15) is 17.4 Å². The van der Waals surface area contributed by atoms with Crippen molar-refractivity contribution in [1.82, 2.24) is 0 Å². The van der Waals surface area contributed by atoms with Gasteiger partial charge in [0, 0.05) is 5.56 Å². The van der Waals surface area contributed by atoms with Gasteiger partial charge in [-0.2, -0.15) is 9.98 Å². The minimum absolute atomic E-state index is 0.237. The van der Waals surface area contributed by atoms with E-state index in [4.69, 9.17) is 9.47 Å². The molecule has 27 heavy (non-hydrogen) atoms. The number of amides is 1. The van der Waals surface area contributed by atoms with Gasteiger partial charge in [-0.25, -0.2) is 0 Å². The molecule has 0 aliphatic carbocycles. The summed E-state index contributed by atoms with van der Waals surface area (Å²) >= 11 is 0. The average Bonchev–Trinajstić information content (AvgIpc) is 2.72. The minimum Gasteiger partial charge on any atom is -0.496 e. The lowest BCUT2D eigenvalue weighted by Gasteiger charge is -2.28. The molecule has 1 unspecified atom stereocenters. The molecule has 2 aliphatic rings. The van der Waals surface area contributed by atoms with Crippen molar-refractivity contribution in [3.05, 3.63) is 71.8 Å². The highest BCUT2D eigenvalue weighted by Crippen LogP contribution is 2.36. The molecule has 132 valence electrons. The number of hydrogen-bond donors (Lipinski definition) is 0. The molecule has 0 spiro atoms. The molecule has 0 radical (unpaired) electrons. The molecule has 2 aliphatic heterocycles. The molecule has 5 rings (SSSR count). The zero-order valence-corrected chi connectivity index (χ0v) is 14.7. The molecule has 3 aromatic carbocycles. The standard InChI is InChI=1S/C22H16N2O3/c1-26-18-9-5-4-8-15(18)20-23-21(25)17-12-16-14-7-3-2-6-13(14)10-11-19(16)27-22(17)24-20/h2-11,17H,12H2,1H3. The summed E-state index contributed by atoms with van der Waals surface area (Å²) in [6.07, 6.45) is 0.539. The summed E-state index contributed by atoms with van der Waals surface area (Å²) in [6, 6.07) is 19.4. The van der Waals surface area contributed by atoms with E-state index in [1.54, 1.807) is 7.11 Å². The highest BCUT2D eigenvalue weighted by molar-refractivity contribution is 6.20. The van der Waals surface area contributed by atoms with Crippen molar-refractivity contribution in [3.8, 4) is 11.5 Å². The predicted octanol–water partition coefficient (Wildman–Crippen LogP) is 3.79. The van der Waals surface area contributed by atoms with Crippen molar-refractivity contribution in [2.75, 3.05) is 7.11 Å². The van der Waals surface area contributed by atoms with Crippen LogP contribution in [0.1, 0.15) is 11.1 Å². The Bertz CT molecular complexity index is 1150. The van der Waals surface area contributed by atoms with Crippen LogP contribution < -0.4 is 9.47 Å². The topological polar surface area (TPSA) is 60.2 Å². The van der Waals surface area contributed by atoms with Gasteiger partial charge >= 0.3 is 0 Å². The number of ether oxygens (including phenoxy) is 2. The van der Waals surface area contributed by atoms with Crippen LogP contribution in [-0.4, -0.2) is 24.8 Å². The smallest absolute Gasteiger partial charge is 0.260 e. The highest BCUT2D eigenvalue weighted by atomic mass is 16.5. The third kappa shape index (κ3) is 2.51. The van der Waals surface area contributed by atoms with Crippen LogP contribution in [0.25, 0.3) is 10.8 Å². The van der Waals surface area contributed by atoms with E-state index in [0.717, 1.165) is 22.1 Å². The van der Waals surface area contributed by atoms with E-state index in [1.165, 1.54) is 0 Å². The number of carbonyl (C=O) groups excluding carboxylic acids is 1. The van der Waals surface area contributed by atoms with E-state index in [2.05, 4.69) is 22.1 Å². The lowest BCUT2D eigenvalue weighted by molar-refractivity contribution is -0.120. The van der Waals surface area contributed by atoms with E-state index in [9.17, 15) is 4.79 Å². The van der Waals surface area contributed by atoms with Crippen molar-refractivity contribution < 1.29 is 14.3 Å². The third-order valence-electron chi connectivity index (χ3n) is 5.00. The van der Waals surface area contributed by atoms with Gasteiger partial charge in [0.15, 0.2) is 5.84 Å². The Balaban J connectivity index is 1.60. The van der Waals surface area contributed by atoms with Crippen LogP contribution in [0.5, 0.6) is 11.5 Å². The molecular weight excluding hydrogens is 340 g/mol. The number of para-hydroxylation sites is 1. The second-order valence-corrected chi connectivity index (χ2v) is 6.55. The van der Waals surface area contributed by atoms with E-state index >= 15 is 0 Å². The fourth-order valence-electron chi connectivity index (χ4n) is 3.65. The molecular formula is C22H16N2O3. The van der Waals surface area contributed by atoms with Gasteiger partial charge in [0.25, 0.3) is 5.91 Å². The number of aliphatic imine (C=N–C) groups is 2. The SMILES string of the molecule is COc1ccccc1C1=NC(=O)C2Cc3c(ccc4ccccc34)OC2=N1. The third-order valence-corrected chi connectivity index (χ3v) is 5.00. The first-order valence-electron chi connectivity index (χ1n) is 8.77. The zero-order valence-electron chi connectivity index (χ0n) is 14.7. The summed E-state index contributed by atoms with van der Waals surface area (Å²) < 4.78 is 11.4. The highest BCUT2D eigenvalue weighted by Gasteiger charge is 2.36. The maximum Gasteiger partial charge on any atom is 0.260 e. The van der Waals surface area contributed by atoms with Crippen LogP contribution in [-0.2, 0) is 11.2 Å². The van der Waals surface area contributed by atoms with Gasteiger partial charge in [0.05, 0.1) is 12.7 Å². The van der Waals surface area contributed by atoms with Crippen molar-refractivity contribution in [2.24, 2.45) is 15.9 Å². The predicted molar refractivity (Wildman–Crippen MR) is 104 cm³/mol.